The van der Waals surface area contributed by atoms with Gasteiger partial charge in [0.1, 0.15) is 0 Å². The van der Waals surface area contributed by atoms with Gasteiger partial charge in [-0.1, -0.05) is 12.1 Å². The Labute approximate surface area is 170 Å². The highest BCUT2D eigenvalue weighted by Gasteiger charge is 2.31. The minimum Gasteiger partial charge on any atom is -0.340 e. The molecule has 1 aliphatic carbocycles. The van der Waals surface area contributed by atoms with Crippen molar-refractivity contribution in [2.45, 2.75) is 32.2 Å². The Morgan fingerprint density at radius 1 is 1.11 bits per heavy atom. The minimum absolute atomic E-state index is 0.0185. The number of benzene rings is 1. The van der Waals surface area contributed by atoms with E-state index in [4.69, 9.17) is 12.2 Å². The highest BCUT2D eigenvalue weighted by Crippen LogP contribution is 2.31. The molecule has 28 heavy (non-hydrogen) atoms. The van der Waals surface area contributed by atoms with E-state index in [0.717, 1.165) is 57.4 Å². The van der Waals surface area contributed by atoms with Gasteiger partial charge < -0.3 is 14.8 Å². The van der Waals surface area contributed by atoms with E-state index >= 15 is 0 Å². The molecule has 4 rings (SSSR count). The van der Waals surface area contributed by atoms with Crippen LogP contribution in [0, 0.1) is 16.6 Å². The maximum atomic E-state index is 12.8. The van der Waals surface area contributed by atoms with Crippen LogP contribution < -0.4 is 5.56 Å². The second-order valence-corrected chi connectivity index (χ2v) is 8.62. The molecule has 7 heteroatoms. The zero-order valence-corrected chi connectivity index (χ0v) is 17.2. The molecular weight excluding hydrogens is 372 g/mol. The number of para-hydroxylation sites is 1. The number of rotatable bonds is 3. The minimum atomic E-state index is -0.0185. The predicted molar refractivity (Wildman–Crippen MR) is 113 cm³/mol. The monoisotopic (exact) mass is 400 g/mol. The lowest BCUT2D eigenvalue weighted by atomic mass is 9.81. The number of fused-ring (bicyclic) bond motifs is 1. The van der Waals surface area contributed by atoms with E-state index in [-0.39, 0.29) is 11.5 Å². The van der Waals surface area contributed by atoms with Gasteiger partial charge in [0, 0.05) is 38.6 Å². The Morgan fingerprint density at radius 2 is 1.79 bits per heavy atom. The number of carbonyl (C=O) groups excluding carboxylic acids is 1. The van der Waals surface area contributed by atoms with Crippen LogP contribution in [0.3, 0.4) is 0 Å². The third-order valence-electron chi connectivity index (χ3n) is 6.34. The SMILES string of the molecule is CN1CCN(C(=O)C2CCC(Cn3c(=S)[nH]c4ccccc4c3=O)CC2)CC1. The molecule has 150 valence electrons. The molecule has 2 fully saturated rings. The Morgan fingerprint density at radius 3 is 2.50 bits per heavy atom. The molecule has 1 aliphatic heterocycles. The van der Waals surface area contributed by atoms with Crippen molar-refractivity contribution < 1.29 is 4.79 Å². The lowest BCUT2D eigenvalue weighted by molar-refractivity contribution is -0.138. The summed E-state index contributed by atoms with van der Waals surface area (Å²) in [5, 5.41) is 0.676. The first-order valence-electron chi connectivity index (χ1n) is 10.2. The summed E-state index contributed by atoms with van der Waals surface area (Å²) in [5.74, 6) is 0.861. The number of amides is 1. The highest BCUT2D eigenvalue weighted by atomic mass is 32.1. The van der Waals surface area contributed by atoms with Gasteiger partial charge >= 0.3 is 0 Å². The van der Waals surface area contributed by atoms with Gasteiger partial charge in [-0.2, -0.15) is 0 Å². The first kappa shape index (κ1) is 19.3. The molecule has 0 radical (unpaired) electrons. The van der Waals surface area contributed by atoms with Crippen molar-refractivity contribution in [3.05, 3.63) is 39.4 Å². The van der Waals surface area contributed by atoms with Crippen molar-refractivity contribution >= 4 is 29.0 Å². The summed E-state index contributed by atoms with van der Waals surface area (Å²) in [5.41, 5.74) is 0.769. The molecular formula is C21H28N4O2S. The largest absolute Gasteiger partial charge is 0.340 e. The van der Waals surface area contributed by atoms with Crippen LogP contribution in [0.2, 0.25) is 0 Å². The lowest BCUT2D eigenvalue weighted by Crippen LogP contribution is -2.49. The first-order chi connectivity index (χ1) is 13.5. The van der Waals surface area contributed by atoms with Gasteiger partial charge in [0.25, 0.3) is 5.56 Å². The van der Waals surface area contributed by atoms with Crippen LogP contribution in [-0.2, 0) is 11.3 Å². The zero-order chi connectivity index (χ0) is 19.7. The Bertz CT molecular complexity index is 966. The number of hydrogen-bond acceptors (Lipinski definition) is 4. The average molecular weight is 401 g/mol. The average Bonchev–Trinajstić information content (AvgIpc) is 2.72. The van der Waals surface area contributed by atoms with E-state index < -0.39 is 0 Å². The fourth-order valence-electron chi connectivity index (χ4n) is 4.50. The highest BCUT2D eigenvalue weighted by molar-refractivity contribution is 7.71. The van der Waals surface area contributed by atoms with Crippen LogP contribution in [0.4, 0.5) is 0 Å². The van der Waals surface area contributed by atoms with Gasteiger partial charge in [-0.3, -0.25) is 14.2 Å². The Kier molecular flexibility index (Phi) is 5.64. The predicted octanol–water partition coefficient (Wildman–Crippen LogP) is 2.64. The van der Waals surface area contributed by atoms with E-state index in [1.165, 1.54) is 0 Å². The van der Waals surface area contributed by atoms with E-state index in [1.807, 2.05) is 29.2 Å². The summed E-state index contributed by atoms with van der Waals surface area (Å²) >= 11 is 5.44. The molecule has 0 atom stereocenters. The zero-order valence-electron chi connectivity index (χ0n) is 16.4. The number of piperazine rings is 1. The van der Waals surface area contributed by atoms with Gasteiger partial charge in [0.05, 0.1) is 10.9 Å². The number of aromatic amines is 1. The molecule has 0 unspecified atom stereocenters. The second kappa shape index (κ2) is 8.17. The molecule has 1 saturated carbocycles. The van der Waals surface area contributed by atoms with Crippen LogP contribution in [0.5, 0.6) is 0 Å². The van der Waals surface area contributed by atoms with E-state index in [0.29, 0.717) is 28.5 Å². The van der Waals surface area contributed by atoms with Gasteiger partial charge in [-0.05, 0) is 63.0 Å². The fraction of sp³-hybridized carbons (Fsp3) is 0.571. The van der Waals surface area contributed by atoms with Gasteiger partial charge in [-0.15, -0.1) is 0 Å². The second-order valence-electron chi connectivity index (χ2n) is 8.24. The van der Waals surface area contributed by atoms with E-state index in [2.05, 4.69) is 16.9 Å². The molecule has 2 aromatic rings. The first-order valence-corrected chi connectivity index (χ1v) is 10.6. The van der Waals surface area contributed by atoms with E-state index in [9.17, 15) is 9.59 Å². The lowest BCUT2D eigenvalue weighted by Gasteiger charge is -2.36. The molecule has 2 heterocycles. The number of carbonyl (C=O) groups is 1. The van der Waals surface area contributed by atoms with Gasteiger partial charge in [-0.25, -0.2) is 0 Å². The maximum absolute atomic E-state index is 12.8. The molecule has 2 aliphatic rings. The summed E-state index contributed by atoms with van der Waals surface area (Å²) < 4.78 is 2.18. The van der Waals surface area contributed by atoms with Crippen molar-refractivity contribution in [1.29, 1.82) is 0 Å². The Balaban J connectivity index is 1.40. The Hall–Kier alpha value is -1.99. The standard InChI is InChI=1S/C21H28N4O2S/c1-23-10-12-24(13-11-23)19(26)16-8-6-15(7-9-16)14-25-20(27)17-4-2-3-5-18(17)22-21(25)28/h2-5,15-16H,6-14H2,1H3,(H,22,28). The molecule has 1 aromatic carbocycles. The number of aromatic nitrogens is 2. The van der Waals surface area contributed by atoms with Crippen LogP contribution in [0.1, 0.15) is 25.7 Å². The van der Waals surface area contributed by atoms with Gasteiger partial charge in [0.15, 0.2) is 4.77 Å². The number of H-pyrrole nitrogens is 1. The van der Waals surface area contributed by atoms with Crippen LogP contribution >= 0.6 is 12.2 Å². The fourth-order valence-corrected chi connectivity index (χ4v) is 4.77. The van der Waals surface area contributed by atoms with Gasteiger partial charge in [0.2, 0.25) is 5.91 Å². The third kappa shape index (κ3) is 3.91. The number of nitrogens with one attached hydrogen (secondary N) is 1. The topological polar surface area (TPSA) is 61.3 Å². The van der Waals surface area contributed by atoms with Crippen molar-refractivity contribution in [2.24, 2.45) is 11.8 Å². The van der Waals surface area contributed by atoms with Crippen molar-refractivity contribution in [2.75, 3.05) is 33.2 Å². The molecule has 0 spiro atoms. The summed E-state index contributed by atoms with van der Waals surface area (Å²) in [6, 6.07) is 7.49. The molecule has 1 amide bonds. The van der Waals surface area contributed by atoms with Crippen molar-refractivity contribution in [3.8, 4) is 0 Å². The number of nitrogens with zero attached hydrogens (tertiary/aromatic N) is 3. The molecule has 1 N–H and O–H groups in total. The molecule has 1 saturated heterocycles. The van der Waals surface area contributed by atoms with E-state index in [1.54, 1.807) is 4.57 Å². The van der Waals surface area contributed by atoms with Crippen molar-refractivity contribution in [3.63, 3.8) is 0 Å². The quantitative estimate of drug-likeness (QED) is 0.805. The summed E-state index contributed by atoms with van der Waals surface area (Å²) in [6.45, 7) is 4.25. The normalized spacial score (nSPS) is 23.8. The number of likely N-dealkylation sites (N-methyl/N-ethyl adjacent to an activating group) is 1. The maximum Gasteiger partial charge on any atom is 0.262 e. The summed E-state index contributed by atoms with van der Waals surface area (Å²) in [7, 11) is 2.10. The smallest absolute Gasteiger partial charge is 0.262 e. The molecule has 0 bridgehead atoms. The number of hydrogen-bond donors (Lipinski definition) is 1. The summed E-state index contributed by atoms with van der Waals surface area (Å²) in [6.07, 6.45) is 3.76. The van der Waals surface area contributed by atoms with Crippen LogP contribution in [0.15, 0.2) is 29.1 Å². The molecule has 6 nitrogen and oxygen atoms in total. The third-order valence-corrected chi connectivity index (χ3v) is 6.66. The van der Waals surface area contributed by atoms with Crippen LogP contribution in [-0.4, -0.2) is 58.5 Å². The van der Waals surface area contributed by atoms with Crippen LogP contribution in [0.25, 0.3) is 10.9 Å². The summed E-state index contributed by atoms with van der Waals surface area (Å²) in [4.78, 5) is 33.1. The molecule has 1 aromatic heterocycles. The van der Waals surface area contributed by atoms with Crippen molar-refractivity contribution in [1.82, 2.24) is 19.4 Å².